The Bertz CT molecular complexity index is 714. The third-order valence-electron chi connectivity index (χ3n) is 5.17. The lowest BCUT2D eigenvalue weighted by molar-refractivity contribution is -0.150. The highest BCUT2D eigenvalue weighted by molar-refractivity contribution is 5.98. The maximum atomic E-state index is 12.9. The molecule has 3 rings (SSSR count). The van der Waals surface area contributed by atoms with Crippen molar-refractivity contribution in [1.82, 2.24) is 0 Å². The van der Waals surface area contributed by atoms with Crippen molar-refractivity contribution in [3.8, 4) is 0 Å². The van der Waals surface area contributed by atoms with Crippen molar-refractivity contribution < 1.29 is 19.1 Å². The number of esters is 1. The number of hydrogen-bond acceptors (Lipinski definition) is 4. The minimum absolute atomic E-state index is 0.0777. The van der Waals surface area contributed by atoms with Gasteiger partial charge in [-0.1, -0.05) is 12.2 Å². The average molecular weight is 327 g/mol. The molecule has 1 saturated carbocycles. The second-order valence-electron chi connectivity index (χ2n) is 6.66. The number of aldehydes is 1. The predicted octanol–water partition coefficient (Wildman–Crippen LogP) is 2.67. The lowest BCUT2D eigenvalue weighted by Crippen LogP contribution is -2.37. The molecule has 1 fully saturated rings. The number of ether oxygens (including phenoxy) is 1. The molecule has 1 aromatic rings. The van der Waals surface area contributed by atoms with Crippen LogP contribution in [0.15, 0.2) is 24.3 Å². The van der Waals surface area contributed by atoms with Crippen molar-refractivity contribution in [2.75, 3.05) is 12.4 Å². The van der Waals surface area contributed by atoms with Crippen LogP contribution in [0.1, 0.15) is 27.9 Å². The summed E-state index contributed by atoms with van der Waals surface area (Å²) in [6, 6.07) is 3.49. The molecule has 1 amide bonds. The molecule has 1 N–H and O–H groups in total. The molecule has 4 atom stereocenters. The summed E-state index contributed by atoms with van der Waals surface area (Å²) in [5.74, 6) is -1.15. The van der Waals surface area contributed by atoms with Gasteiger partial charge in [-0.05, 0) is 55.4 Å². The van der Waals surface area contributed by atoms with E-state index in [-0.39, 0.29) is 23.7 Å². The standard InChI is InChI=1S/C19H21NO4/c1-10-6-12(9-21)7-11(2)17(10)20-18(22)15-13-4-5-14(8-13)16(15)19(23)24-3/h4-7,9,13-16H,8H2,1-3H3,(H,20,22)/t13-,14+,15-,16+/m1/s1. The monoisotopic (exact) mass is 327 g/mol. The summed E-state index contributed by atoms with van der Waals surface area (Å²) in [5.41, 5.74) is 2.96. The van der Waals surface area contributed by atoms with Gasteiger partial charge >= 0.3 is 5.97 Å². The van der Waals surface area contributed by atoms with E-state index in [0.717, 1.165) is 23.8 Å². The van der Waals surface area contributed by atoms with E-state index in [1.807, 2.05) is 26.0 Å². The van der Waals surface area contributed by atoms with E-state index >= 15 is 0 Å². The van der Waals surface area contributed by atoms with Gasteiger partial charge in [0.2, 0.25) is 5.91 Å². The van der Waals surface area contributed by atoms with E-state index in [2.05, 4.69) is 5.32 Å². The van der Waals surface area contributed by atoms with Crippen molar-refractivity contribution in [1.29, 1.82) is 0 Å². The van der Waals surface area contributed by atoms with Crippen LogP contribution in [-0.2, 0) is 14.3 Å². The van der Waals surface area contributed by atoms with Crippen LogP contribution in [0.2, 0.25) is 0 Å². The van der Waals surface area contributed by atoms with Crippen LogP contribution in [-0.4, -0.2) is 25.3 Å². The molecule has 0 saturated heterocycles. The summed E-state index contributed by atoms with van der Waals surface area (Å²) >= 11 is 0. The minimum atomic E-state index is -0.417. The summed E-state index contributed by atoms with van der Waals surface area (Å²) in [6.45, 7) is 3.71. The van der Waals surface area contributed by atoms with Crippen LogP contribution in [0.3, 0.4) is 0 Å². The van der Waals surface area contributed by atoms with Crippen molar-refractivity contribution >= 4 is 23.9 Å². The number of carbonyl (C=O) groups excluding carboxylic acids is 3. The van der Waals surface area contributed by atoms with E-state index in [1.165, 1.54) is 7.11 Å². The van der Waals surface area contributed by atoms with Crippen LogP contribution >= 0.6 is 0 Å². The SMILES string of the molecule is COC(=O)[C@@H]1[C@H](C(=O)Nc2c(C)cc(C=O)cc2C)[C@@H]2C=C[C@H]1C2. The van der Waals surface area contributed by atoms with Crippen molar-refractivity contribution in [3.05, 3.63) is 41.0 Å². The van der Waals surface area contributed by atoms with Gasteiger partial charge in [-0.15, -0.1) is 0 Å². The van der Waals surface area contributed by atoms with Gasteiger partial charge in [0, 0.05) is 11.3 Å². The Balaban J connectivity index is 1.86. The van der Waals surface area contributed by atoms with Crippen LogP contribution < -0.4 is 5.32 Å². The highest BCUT2D eigenvalue weighted by atomic mass is 16.5. The molecule has 0 aromatic heterocycles. The molecule has 2 aliphatic rings. The number of rotatable bonds is 4. The number of carbonyl (C=O) groups is 3. The molecule has 126 valence electrons. The molecule has 2 bridgehead atoms. The highest BCUT2D eigenvalue weighted by Gasteiger charge is 2.52. The number of fused-ring (bicyclic) bond motifs is 2. The van der Waals surface area contributed by atoms with Crippen LogP contribution in [0.25, 0.3) is 0 Å². The van der Waals surface area contributed by atoms with Gasteiger partial charge in [-0.3, -0.25) is 14.4 Å². The van der Waals surface area contributed by atoms with Gasteiger partial charge in [0.05, 0.1) is 18.9 Å². The largest absolute Gasteiger partial charge is 0.469 e. The Labute approximate surface area is 141 Å². The van der Waals surface area contributed by atoms with Gasteiger partial charge in [0.25, 0.3) is 0 Å². The first-order chi connectivity index (χ1) is 11.5. The van der Waals surface area contributed by atoms with Crippen LogP contribution in [0.4, 0.5) is 5.69 Å². The summed E-state index contributed by atoms with van der Waals surface area (Å²) in [4.78, 5) is 35.9. The molecular formula is C19H21NO4. The number of benzene rings is 1. The molecule has 5 heteroatoms. The molecule has 5 nitrogen and oxygen atoms in total. The first kappa shape index (κ1) is 16.4. The zero-order chi connectivity index (χ0) is 17.4. The first-order valence-electron chi connectivity index (χ1n) is 8.09. The number of nitrogens with one attached hydrogen (secondary N) is 1. The topological polar surface area (TPSA) is 72.5 Å². The third-order valence-corrected chi connectivity index (χ3v) is 5.17. The molecule has 0 aliphatic heterocycles. The number of allylic oxidation sites excluding steroid dienone is 2. The van der Waals surface area contributed by atoms with Crippen LogP contribution in [0, 0.1) is 37.5 Å². The fourth-order valence-corrected chi connectivity index (χ4v) is 4.11. The molecule has 0 unspecified atom stereocenters. The lowest BCUT2D eigenvalue weighted by Gasteiger charge is -2.25. The number of methoxy groups -OCH3 is 1. The van der Waals surface area contributed by atoms with E-state index in [1.54, 1.807) is 12.1 Å². The zero-order valence-electron chi connectivity index (χ0n) is 14.0. The number of aryl methyl sites for hydroxylation is 2. The number of hydrogen-bond donors (Lipinski definition) is 1. The maximum Gasteiger partial charge on any atom is 0.310 e. The fraction of sp³-hybridized carbons (Fsp3) is 0.421. The Morgan fingerprint density at radius 3 is 2.25 bits per heavy atom. The van der Waals surface area contributed by atoms with Gasteiger partial charge in [-0.2, -0.15) is 0 Å². The molecule has 0 heterocycles. The predicted molar refractivity (Wildman–Crippen MR) is 89.7 cm³/mol. The second-order valence-corrected chi connectivity index (χ2v) is 6.66. The Morgan fingerprint density at radius 1 is 1.12 bits per heavy atom. The normalized spacial score (nSPS) is 27.1. The Hall–Kier alpha value is -2.43. The lowest BCUT2D eigenvalue weighted by atomic mass is 9.82. The van der Waals surface area contributed by atoms with Crippen molar-refractivity contribution in [2.45, 2.75) is 20.3 Å². The van der Waals surface area contributed by atoms with Gasteiger partial charge in [0.15, 0.2) is 0 Å². The van der Waals surface area contributed by atoms with Crippen molar-refractivity contribution in [3.63, 3.8) is 0 Å². The summed E-state index contributed by atoms with van der Waals surface area (Å²) < 4.78 is 4.90. The zero-order valence-corrected chi connectivity index (χ0v) is 14.0. The van der Waals surface area contributed by atoms with Crippen LogP contribution in [0.5, 0.6) is 0 Å². The van der Waals surface area contributed by atoms with Crippen molar-refractivity contribution in [2.24, 2.45) is 23.7 Å². The molecule has 0 spiro atoms. The van der Waals surface area contributed by atoms with Gasteiger partial charge in [-0.25, -0.2) is 0 Å². The summed E-state index contributed by atoms with van der Waals surface area (Å²) in [5, 5.41) is 2.97. The van der Waals surface area contributed by atoms with Gasteiger partial charge in [0.1, 0.15) is 6.29 Å². The van der Waals surface area contributed by atoms with E-state index in [4.69, 9.17) is 4.74 Å². The third kappa shape index (κ3) is 2.64. The smallest absolute Gasteiger partial charge is 0.310 e. The molecule has 2 aliphatic carbocycles. The summed E-state index contributed by atoms with van der Waals surface area (Å²) in [7, 11) is 1.36. The van der Waals surface area contributed by atoms with Gasteiger partial charge < -0.3 is 10.1 Å². The van der Waals surface area contributed by atoms with E-state index < -0.39 is 11.8 Å². The number of anilines is 1. The second kappa shape index (κ2) is 6.23. The average Bonchev–Trinajstić information content (AvgIpc) is 3.18. The van der Waals surface area contributed by atoms with E-state index in [9.17, 15) is 14.4 Å². The number of amides is 1. The molecular weight excluding hydrogens is 306 g/mol. The van der Waals surface area contributed by atoms with E-state index in [0.29, 0.717) is 11.3 Å². The minimum Gasteiger partial charge on any atom is -0.469 e. The first-order valence-corrected chi connectivity index (χ1v) is 8.09. The quantitative estimate of drug-likeness (QED) is 0.524. The Kier molecular flexibility index (Phi) is 4.26. The molecule has 1 aromatic carbocycles. The fourth-order valence-electron chi connectivity index (χ4n) is 4.11. The molecule has 24 heavy (non-hydrogen) atoms. The highest BCUT2D eigenvalue weighted by Crippen LogP contribution is 2.49. The summed E-state index contributed by atoms with van der Waals surface area (Å²) in [6.07, 6.45) is 5.66. The maximum absolute atomic E-state index is 12.9. The molecule has 0 radical (unpaired) electrons. The Morgan fingerprint density at radius 2 is 1.71 bits per heavy atom.